The van der Waals surface area contributed by atoms with Crippen LogP contribution in [0.3, 0.4) is 0 Å². The van der Waals surface area contributed by atoms with Crippen LogP contribution in [0.1, 0.15) is 146 Å². The molecule has 1 fully saturated rings. The molecule has 2 aliphatic rings. The van der Waals surface area contributed by atoms with Crippen LogP contribution in [0.25, 0.3) is 0 Å². The van der Waals surface area contributed by atoms with Gasteiger partial charge in [0.15, 0.2) is 0 Å². The number of aliphatic hydroxyl groups excluding tert-OH is 5. The highest BCUT2D eigenvalue weighted by atomic mass is 32.2. The molecule has 13 N–H and O–H groups in total. The second-order valence-corrected chi connectivity index (χ2v) is 28.7. The van der Waals surface area contributed by atoms with Gasteiger partial charge in [-0.3, -0.25) is 53.1 Å². The number of amides is 8. The Morgan fingerprint density at radius 1 is 0.780 bits per heavy atom. The molecule has 0 spiro atoms. The lowest BCUT2D eigenvalue weighted by molar-refractivity contribution is -0.143. The van der Waals surface area contributed by atoms with E-state index in [-0.39, 0.29) is 122 Å². The minimum absolute atomic E-state index is 0.0173. The molecule has 0 aliphatic carbocycles. The van der Waals surface area contributed by atoms with Gasteiger partial charge in [-0.2, -0.15) is 0 Å². The van der Waals surface area contributed by atoms with Crippen LogP contribution < -0.4 is 37.2 Å². The fourth-order valence-corrected chi connectivity index (χ4v) is 13.9. The number of likely N-dealkylation sites (N-methyl/N-ethyl adjacent to an activating group) is 2. The van der Waals surface area contributed by atoms with E-state index in [4.69, 9.17) is 9.84 Å². The number of rotatable bonds is 49. The average Bonchev–Trinajstić information content (AvgIpc) is 1.55. The van der Waals surface area contributed by atoms with Gasteiger partial charge < -0.3 is 77.5 Å². The third kappa shape index (κ3) is 28.0. The van der Waals surface area contributed by atoms with Gasteiger partial charge in [-0.1, -0.05) is 111 Å². The van der Waals surface area contributed by atoms with E-state index in [2.05, 4.69) is 76.4 Å². The molecular weight excluding hydrogens is 1310 g/mol. The van der Waals surface area contributed by atoms with E-state index in [9.17, 15) is 68.7 Å². The molecule has 1 aromatic carbocycles. The van der Waals surface area contributed by atoms with Crippen molar-refractivity contribution >= 4 is 65.0 Å². The van der Waals surface area contributed by atoms with Crippen molar-refractivity contribution in [2.75, 3.05) is 72.2 Å². The number of likely N-dealkylation sites (tertiary alicyclic amines) is 1. The number of allylic oxidation sites excluding steroid dienone is 1. The van der Waals surface area contributed by atoms with Gasteiger partial charge in [0.1, 0.15) is 30.4 Å². The van der Waals surface area contributed by atoms with Crippen LogP contribution in [0.15, 0.2) is 66.5 Å². The molecule has 16 atom stereocenters. The predicted octanol–water partition coefficient (Wildman–Crippen LogP) is 2.39. The Morgan fingerprint density at radius 2 is 1.43 bits per heavy atom. The van der Waals surface area contributed by atoms with E-state index in [0.717, 1.165) is 42.0 Å². The van der Waals surface area contributed by atoms with E-state index in [1.807, 2.05) is 96.8 Å². The summed E-state index contributed by atoms with van der Waals surface area (Å²) in [6.07, 6.45) is 1.34. The lowest BCUT2D eigenvalue weighted by Gasteiger charge is -2.42. The summed E-state index contributed by atoms with van der Waals surface area (Å²) in [6, 6.07) is 5.18. The van der Waals surface area contributed by atoms with Crippen LogP contribution in [0.5, 0.6) is 0 Å². The summed E-state index contributed by atoms with van der Waals surface area (Å²) in [6.45, 7) is 25.7. The van der Waals surface area contributed by atoms with Crippen molar-refractivity contribution in [3.63, 3.8) is 0 Å². The van der Waals surface area contributed by atoms with E-state index in [0.29, 0.717) is 43.9 Å². The number of carbonyl (C=O) groups excluding carboxylic acids is 8. The van der Waals surface area contributed by atoms with Crippen LogP contribution in [-0.2, 0) is 54.3 Å². The van der Waals surface area contributed by atoms with Gasteiger partial charge in [0.25, 0.3) is 11.8 Å². The molecule has 27 nitrogen and oxygen atoms in total. The lowest BCUT2D eigenvalue weighted by atomic mass is 9.85. The molecule has 8 amide bonds. The summed E-state index contributed by atoms with van der Waals surface area (Å²) in [5, 5.41) is 80.2. The average molecular weight is 1430 g/mol. The zero-order valence-corrected chi connectivity index (χ0v) is 62.4. The van der Waals surface area contributed by atoms with Crippen LogP contribution in [-0.4, -0.2) is 254 Å². The first-order chi connectivity index (χ1) is 47.2. The van der Waals surface area contributed by atoms with Crippen molar-refractivity contribution in [2.24, 2.45) is 29.6 Å². The number of imide groups is 1. The molecule has 100 heavy (non-hydrogen) atoms. The van der Waals surface area contributed by atoms with E-state index < -0.39 is 97.4 Å². The van der Waals surface area contributed by atoms with Crippen molar-refractivity contribution in [2.45, 2.75) is 226 Å². The first-order valence-electron chi connectivity index (χ1n) is 35.5. The molecule has 3 rings (SSSR count). The maximum atomic E-state index is 14.2. The molecule has 28 heteroatoms. The van der Waals surface area contributed by atoms with E-state index >= 15 is 0 Å². The molecule has 0 bridgehead atoms. The molecule has 0 radical (unpaired) electrons. The third-order valence-electron chi connectivity index (χ3n) is 19.6. The molecule has 2 heterocycles. The summed E-state index contributed by atoms with van der Waals surface area (Å²) in [7, 11) is 5.32. The topological polar surface area (TPSA) is 381 Å². The van der Waals surface area contributed by atoms with E-state index in [1.54, 1.807) is 30.8 Å². The normalized spacial score (nSPS) is 18.9. The highest BCUT2D eigenvalue weighted by Gasteiger charge is 2.41. The number of nitrogens with one attached hydrogen (secondary N) is 7. The molecule has 1 saturated heterocycles. The molecule has 2 aliphatic heterocycles. The Morgan fingerprint density at radius 3 is 2.02 bits per heavy atom. The number of aliphatic carboxylic acids is 1. The Bertz CT molecular complexity index is 2820. The number of benzene rings is 1. The van der Waals surface area contributed by atoms with Crippen LogP contribution in [0.4, 0.5) is 0 Å². The minimum Gasteiger partial charge on any atom is -0.480 e. The molecular formula is C72H121N11O16S. The van der Waals surface area contributed by atoms with E-state index in [1.165, 1.54) is 12.2 Å². The summed E-state index contributed by atoms with van der Waals surface area (Å²) in [4.78, 5) is 126. The smallest absolute Gasteiger partial charge is 0.326 e. The summed E-state index contributed by atoms with van der Waals surface area (Å²) in [5.41, 5.74) is 1.79. The van der Waals surface area contributed by atoms with Gasteiger partial charge in [-0.15, -0.1) is 11.8 Å². The number of ether oxygens (including phenoxy) is 1. The number of aliphatic hydroxyl groups is 5. The van der Waals surface area contributed by atoms with Crippen LogP contribution in [0, 0.1) is 29.6 Å². The van der Waals surface area contributed by atoms with Gasteiger partial charge >= 0.3 is 5.97 Å². The Hall–Kier alpha value is -6.50. The minimum atomic E-state index is -1.89. The van der Waals surface area contributed by atoms with Crippen molar-refractivity contribution in [1.29, 1.82) is 0 Å². The fraction of sp³-hybridized carbons (Fsp3) is 0.708. The van der Waals surface area contributed by atoms with Gasteiger partial charge in [0.05, 0.1) is 55.4 Å². The van der Waals surface area contributed by atoms with Crippen molar-refractivity contribution in [1.82, 2.24) is 56.8 Å². The summed E-state index contributed by atoms with van der Waals surface area (Å²) in [5.74, 6) is -3.83. The SMILES string of the molecule is C=C(N[C@H](C(=O)N[C@@H](C)/C(=C\C)NCSCCN(C)[C@H](C(=O)NCC(=O)N(C)[C@@H]([C@@H](C)CC)[C@@H](CC(C)N1CCCC1[C@H](C)[C@@H](C)C(=O)N[C@@H](Cc1ccccc1)C(=O)O)OC)C(C)C)C(C)C)C(CCC(=O)NC[C@H](O)[C@@H](O)C(O)[C@H](O)CO)NC(=O)CCCCCN1C(=O)C=CC1=O. The summed E-state index contributed by atoms with van der Waals surface area (Å²) < 4.78 is 6.25. The number of thioether (sulfide) groups is 1. The van der Waals surface area contributed by atoms with Crippen molar-refractivity contribution < 1.29 is 78.5 Å². The monoisotopic (exact) mass is 1430 g/mol. The van der Waals surface area contributed by atoms with Crippen molar-refractivity contribution in [3.8, 4) is 0 Å². The molecule has 566 valence electrons. The number of carboxylic acid groups (broad SMARTS) is 1. The van der Waals surface area contributed by atoms with Crippen molar-refractivity contribution in [3.05, 3.63) is 72.1 Å². The first-order valence-corrected chi connectivity index (χ1v) is 36.7. The maximum Gasteiger partial charge on any atom is 0.326 e. The van der Waals surface area contributed by atoms with Gasteiger partial charge in [-0.25, -0.2) is 4.79 Å². The third-order valence-corrected chi connectivity index (χ3v) is 20.4. The zero-order chi connectivity index (χ0) is 75.1. The zero-order valence-electron chi connectivity index (χ0n) is 61.6. The number of carboxylic acids is 1. The number of unbranched alkanes of at least 4 members (excludes halogenated alkanes) is 2. The predicted molar refractivity (Wildman–Crippen MR) is 385 cm³/mol. The summed E-state index contributed by atoms with van der Waals surface area (Å²) >= 11 is 1.60. The number of hydrogen-bond acceptors (Lipinski definition) is 20. The number of carbonyl (C=O) groups is 9. The van der Waals surface area contributed by atoms with Gasteiger partial charge in [0, 0.05) is 100 Å². The highest BCUT2D eigenvalue weighted by molar-refractivity contribution is 7.99. The van der Waals surface area contributed by atoms with Gasteiger partial charge in [0.2, 0.25) is 35.4 Å². The maximum absolute atomic E-state index is 14.2. The second kappa shape index (κ2) is 44.8. The van der Waals surface area contributed by atoms with Crippen LogP contribution >= 0.6 is 11.8 Å². The molecule has 4 unspecified atom stereocenters. The Kier molecular flexibility index (Phi) is 39.3. The first kappa shape index (κ1) is 87.7. The highest BCUT2D eigenvalue weighted by Crippen LogP contribution is 2.33. The standard InChI is InChI=1S/C72H121N11O16S/c1-16-45(7)66(58(99-15)37-46(8)82-34-24-27-55(82)47(9)48(10)69(94)79-54(72(97)98)38-51-25-20-18-21-26-51)81(14)63(91)40-74-71(96)65(44(5)6)80(13)35-36-100-42-75-52(17-2)49(11)77-70(95)64(43(3)4)76-50(12)53(29-30-59(87)73-39-56(85)67(92)68(93)57(86)41-84)78-60(88)28-22-19-23-33-83-61(89)31-32-62(83)90/h17-18,20-21,25-26,31-32,43-49,53-58,64-68,75-76,84-86,92-93H,12,16,19,22-24,27-30,33-42H2,1-11,13-15H3,(H,73,87)(H,74,96)(H,77,95)(H,78,88)(H,79,94)(H,97,98)/b52-17+/t45-,46?,47+,48+,49-,53?,54-,55?,56-,57+,58+,64-,65-,66-,67+,68?/m0/s1. The van der Waals surface area contributed by atoms with Crippen LogP contribution in [0.2, 0.25) is 0 Å². The number of hydrogen-bond donors (Lipinski definition) is 13. The second-order valence-electron chi connectivity index (χ2n) is 27.6. The van der Waals surface area contributed by atoms with Gasteiger partial charge in [-0.05, 0) is 102 Å². The Balaban J connectivity index is 1.57. The number of methoxy groups -OCH3 is 1. The number of nitrogens with zero attached hydrogens (tertiary/aromatic N) is 4. The lowest BCUT2D eigenvalue weighted by Crippen LogP contribution is -2.55. The molecule has 0 saturated carbocycles. The molecule has 1 aromatic rings. The Labute approximate surface area is 597 Å². The largest absolute Gasteiger partial charge is 0.480 e. The molecule has 0 aromatic heterocycles. The quantitative estimate of drug-likeness (QED) is 0.0253. The fourth-order valence-electron chi connectivity index (χ4n) is 13.0.